The summed E-state index contributed by atoms with van der Waals surface area (Å²) in [4.78, 5) is 1.03. The Bertz CT molecular complexity index is 696. The van der Waals surface area contributed by atoms with Crippen molar-refractivity contribution in [2.24, 2.45) is 0 Å². The Kier molecular flexibility index (Phi) is 4.15. The first-order valence-electron chi connectivity index (χ1n) is 5.48. The first kappa shape index (κ1) is 14.3. The maximum absolute atomic E-state index is 12.1. The van der Waals surface area contributed by atoms with E-state index in [1.54, 1.807) is 0 Å². The van der Waals surface area contributed by atoms with Crippen molar-refractivity contribution >= 4 is 38.6 Å². The molecule has 0 unspecified atom stereocenters. The summed E-state index contributed by atoms with van der Waals surface area (Å²) < 4.78 is 26.8. The van der Waals surface area contributed by atoms with E-state index >= 15 is 0 Å². The smallest absolute Gasteiger partial charge is 0.242 e. The Morgan fingerprint density at radius 3 is 2.68 bits per heavy atom. The molecule has 0 aliphatic heterocycles. The first-order valence-corrected chi connectivity index (χ1v) is 8.22. The van der Waals surface area contributed by atoms with Crippen molar-refractivity contribution < 1.29 is 8.42 Å². The third-order valence-corrected chi connectivity index (χ3v) is 5.39. The second-order valence-corrected chi connectivity index (χ2v) is 7.21. The van der Waals surface area contributed by atoms with Crippen molar-refractivity contribution in [3.8, 4) is 0 Å². The van der Waals surface area contributed by atoms with Crippen LogP contribution >= 0.6 is 22.9 Å². The molecule has 3 N–H and O–H groups in total. The van der Waals surface area contributed by atoms with Crippen LogP contribution in [0.15, 0.2) is 34.5 Å². The maximum atomic E-state index is 12.1. The monoisotopic (exact) mass is 316 g/mol. The summed E-state index contributed by atoms with van der Waals surface area (Å²) in [5.41, 5.74) is 6.89. The molecule has 1 aromatic heterocycles. The van der Waals surface area contributed by atoms with Gasteiger partial charge in [-0.2, -0.15) is 0 Å². The van der Waals surface area contributed by atoms with Crippen molar-refractivity contribution in [1.29, 1.82) is 0 Å². The topological polar surface area (TPSA) is 72.2 Å². The number of nitrogen functional groups attached to an aromatic ring is 1. The van der Waals surface area contributed by atoms with Crippen LogP contribution in [0, 0.1) is 6.92 Å². The van der Waals surface area contributed by atoms with Crippen LogP contribution in [0.2, 0.25) is 5.02 Å². The minimum absolute atomic E-state index is 0.0473. The summed E-state index contributed by atoms with van der Waals surface area (Å²) in [6.07, 6.45) is 0. The molecule has 2 aromatic rings. The molecule has 0 radical (unpaired) electrons. The van der Waals surface area contributed by atoms with Gasteiger partial charge in [-0.05, 0) is 42.1 Å². The Balaban J connectivity index is 2.21. The Morgan fingerprint density at radius 2 is 2.11 bits per heavy atom. The van der Waals surface area contributed by atoms with E-state index in [9.17, 15) is 8.42 Å². The molecule has 0 aliphatic carbocycles. The van der Waals surface area contributed by atoms with Gasteiger partial charge < -0.3 is 5.73 Å². The summed E-state index contributed by atoms with van der Waals surface area (Å²) in [7, 11) is -3.63. The zero-order valence-corrected chi connectivity index (χ0v) is 12.6. The van der Waals surface area contributed by atoms with Gasteiger partial charge >= 0.3 is 0 Å². The van der Waals surface area contributed by atoms with Gasteiger partial charge in [0.15, 0.2) is 0 Å². The van der Waals surface area contributed by atoms with Gasteiger partial charge in [0.05, 0.1) is 5.69 Å². The predicted molar refractivity (Wildman–Crippen MR) is 78.9 cm³/mol. The number of thiophene rings is 1. The molecule has 7 heteroatoms. The van der Waals surface area contributed by atoms with Crippen LogP contribution < -0.4 is 10.5 Å². The van der Waals surface area contributed by atoms with Crippen molar-refractivity contribution in [2.75, 3.05) is 5.73 Å². The van der Waals surface area contributed by atoms with Crippen molar-refractivity contribution in [1.82, 2.24) is 4.72 Å². The normalized spacial score (nSPS) is 11.7. The second kappa shape index (κ2) is 5.50. The number of nitrogens with one attached hydrogen (secondary N) is 1. The van der Waals surface area contributed by atoms with Gasteiger partial charge in [-0.25, -0.2) is 13.1 Å². The number of nitrogens with two attached hydrogens (primary N) is 1. The molecule has 0 saturated carbocycles. The first-order chi connectivity index (χ1) is 8.90. The molecule has 4 nitrogen and oxygen atoms in total. The second-order valence-electron chi connectivity index (χ2n) is 4.03. The van der Waals surface area contributed by atoms with Gasteiger partial charge in [0.1, 0.15) is 4.90 Å². The fourth-order valence-electron chi connectivity index (χ4n) is 1.59. The molecular weight excluding hydrogens is 304 g/mol. The molecule has 19 heavy (non-hydrogen) atoms. The van der Waals surface area contributed by atoms with Gasteiger partial charge in [-0.1, -0.05) is 11.6 Å². The lowest BCUT2D eigenvalue weighted by Gasteiger charge is -2.09. The van der Waals surface area contributed by atoms with Crippen LogP contribution in [0.5, 0.6) is 0 Å². The van der Waals surface area contributed by atoms with E-state index in [1.165, 1.54) is 29.5 Å². The quantitative estimate of drug-likeness (QED) is 0.852. The number of anilines is 1. The molecule has 0 fully saturated rings. The highest BCUT2D eigenvalue weighted by Gasteiger charge is 2.17. The van der Waals surface area contributed by atoms with Gasteiger partial charge in [-0.15, -0.1) is 11.3 Å². The number of aryl methyl sites for hydroxylation is 1. The van der Waals surface area contributed by atoms with E-state index in [0.717, 1.165) is 10.4 Å². The number of rotatable bonds is 4. The van der Waals surface area contributed by atoms with E-state index < -0.39 is 10.0 Å². The third-order valence-electron chi connectivity index (χ3n) is 2.65. The number of sulfonamides is 1. The fourth-order valence-corrected chi connectivity index (χ4v) is 3.81. The van der Waals surface area contributed by atoms with Crippen LogP contribution in [0.3, 0.4) is 0 Å². The molecule has 1 heterocycles. The molecule has 0 spiro atoms. The Labute approximate surface area is 121 Å². The average Bonchev–Trinajstić information content (AvgIpc) is 2.72. The number of benzene rings is 1. The Hall–Kier alpha value is -1.08. The summed E-state index contributed by atoms with van der Waals surface area (Å²) in [5.74, 6) is 0. The van der Waals surface area contributed by atoms with E-state index in [1.807, 2.05) is 18.4 Å². The SMILES string of the molecule is Cc1ccsc1CNS(=O)(=O)c1ccc(Cl)cc1N. The van der Waals surface area contributed by atoms with Crippen LogP contribution in [0.4, 0.5) is 5.69 Å². The van der Waals surface area contributed by atoms with Crippen molar-refractivity contribution in [3.63, 3.8) is 0 Å². The van der Waals surface area contributed by atoms with Gasteiger partial charge in [0, 0.05) is 16.4 Å². The lowest BCUT2D eigenvalue weighted by Crippen LogP contribution is -2.24. The largest absolute Gasteiger partial charge is 0.398 e. The van der Waals surface area contributed by atoms with Crippen molar-refractivity contribution in [2.45, 2.75) is 18.4 Å². The number of hydrogen-bond acceptors (Lipinski definition) is 4. The van der Waals surface area contributed by atoms with Gasteiger partial charge in [0.25, 0.3) is 0 Å². The molecule has 0 atom stereocenters. The molecule has 1 aromatic carbocycles. The predicted octanol–water partition coefficient (Wildman–Crippen LogP) is 2.77. The van der Waals surface area contributed by atoms with E-state index in [-0.39, 0.29) is 17.1 Å². The fraction of sp³-hybridized carbons (Fsp3) is 0.167. The standard InChI is InChI=1S/C12H13ClN2O2S2/c1-8-4-5-18-11(8)7-15-19(16,17)12-3-2-9(13)6-10(12)14/h2-6,15H,7,14H2,1H3. The highest BCUT2D eigenvalue weighted by Crippen LogP contribution is 2.23. The van der Waals surface area contributed by atoms with E-state index in [0.29, 0.717) is 5.02 Å². The summed E-state index contributed by atoms with van der Waals surface area (Å²) in [6.45, 7) is 2.20. The summed E-state index contributed by atoms with van der Waals surface area (Å²) in [6, 6.07) is 6.28. The summed E-state index contributed by atoms with van der Waals surface area (Å²) >= 11 is 7.27. The Morgan fingerprint density at radius 1 is 1.37 bits per heavy atom. The molecule has 0 amide bonds. The summed E-state index contributed by atoms with van der Waals surface area (Å²) in [5, 5.41) is 2.33. The van der Waals surface area contributed by atoms with Crippen LogP contribution in [0.1, 0.15) is 10.4 Å². The van der Waals surface area contributed by atoms with Gasteiger partial charge in [0.2, 0.25) is 10.0 Å². The molecule has 2 rings (SSSR count). The molecule has 0 bridgehead atoms. The zero-order valence-electron chi connectivity index (χ0n) is 10.2. The van der Waals surface area contributed by atoms with Crippen LogP contribution in [-0.2, 0) is 16.6 Å². The van der Waals surface area contributed by atoms with E-state index in [4.69, 9.17) is 17.3 Å². The molecule has 0 saturated heterocycles. The van der Waals surface area contributed by atoms with Crippen molar-refractivity contribution in [3.05, 3.63) is 45.1 Å². The lowest BCUT2D eigenvalue weighted by molar-refractivity contribution is 0.582. The van der Waals surface area contributed by atoms with E-state index in [2.05, 4.69) is 4.72 Å². The number of hydrogen-bond donors (Lipinski definition) is 2. The maximum Gasteiger partial charge on any atom is 0.242 e. The highest BCUT2D eigenvalue weighted by atomic mass is 35.5. The average molecular weight is 317 g/mol. The molecular formula is C12H13ClN2O2S2. The number of halogens is 1. The minimum Gasteiger partial charge on any atom is -0.398 e. The highest BCUT2D eigenvalue weighted by molar-refractivity contribution is 7.89. The minimum atomic E-state index is -3.63. The van der Waals surface area contributed by atoms with Gasteiger partial charge in [-0.3, -0.25) is 0 Å². The zero-order chi connectivity index (χ0) is 14.0. The third kappa shape index (κ3) is 3.27. The van der Waals surface area contributed by atoms with Crippen LogP contribution in [0.25, 0.3) is 0 Å². The van der Waals surface area contributed by atoms with Crippen LogP contribution in [-0.4, -0.2) is 8.42 Å². The molecule has 102 valence electrons. The molecule has 0 aliphatic rings. The lowest BCUT2D eigenvalue weighted by atomic mass is 10.3.